The summed E-state index contributed by atoms with van der Waals surface area (Å²) < 4.78 is 5.60. The minimum atomic E-state index is 0.219. The van der Waals surface area contributed by atoms with Crippen LogP contribution in [0.5, 0.6) is 0 Å². The largest absolute Gasteiger partial charge is 0.380 e. The third-order valence-electron chi connectivity index (χ3n) is 4.38. The van der Waals surface area contributed by atoms with E-state index < -0.39 is 0 Å². The fraction of sp³-hybridized carbons (Fsp3) is 0.600. The molecule has 1 aliphatic heterocycles. The SMILES string of the molecule is CN=C(NCCOCCC(C)C)NCc1ccc(N2CCCC2=O)cc1. The molecule has 0 spiro atoms. The van der Waals surface area contributed by atoms with Crippen molar-refractivity contribution in [3.8, 4) is 0 Å². The number of aliphatic imine (C=N–C) groups is 1. The molecule has 0 bridgehead atoms. The molecule has 1 aromatic rings. The number of hydrogen-bond donors (Lipinski definition) is 2. The van der Waals surface area contributed by atoms with Crippen molar-refractivity contribution in [3.05, 3.63) is 29.8 Å². The van der Waals surface area contributed by atoms with Gasteiger partial charge in [0, 0.05) is 45.4 Å². The van der Waals surface area contributed by atoms with Crippen molar-refractivity contribution in [1.29, 1.82) is 0 Å². The normalized spacial score (nSPS) is 15.0. The van der Waals surface area contributed by atoms with Crippen LogP contribution in [0.1, 0.15) is 38.7 Å². The second-order valence-corrected chi connectivity index (χ2v) is 6.96. The fourth-order valence-corrected chi connectivity index (χ4v) is 2.78. The van der Waals surface area contributed by atoms with Crippen LogP contribution >= 0.6 is 0 Å². The smallest absolute Gasteiger partial charge is 0.227 e. The van der Waals surface area contributed by atoms with Gasteiger partial charge in [-0.3, -0.25) is 9.79 Å². The minimum absolute atomic E-state index is 0.219. The molecule has 0 unspecified atom stereocenters. The summed E-state index contributed by atoms with van der Waals surface area (Å²) in [5.41, 5.74) is 2.13. The Bertz CT molecular complexity index is 584. The van der Waals surface area contributed by atoms with E-state index in [2.05, 4.69) is 41.6 Å². The van der Waals surface area contributed by atoms with Gasteiger partial charge < -0.3 is 20.3 Å². The Kier molecular flexibility index (Phi) is 8.41. The van der Waals surface area contributed by atoms with E-state index in [0.29, 0.717) is 25.5 Å². The van der Waals surface area contributed by atoms with Gasteiger partial charge in [-0.05, 0) is 36.5 Å². The molecule has 1 aromatic carbocycles. The number of anilines is 1. The van der Waals surface area contributed by atoms with Crippen LogP contribution in [0.2, 0.25) is 0 Å². The number of guanidine groups is 1. The quantitative estimate of drug-likeness (QED) is 0.403. The first-order valence-electron chi connectivity index (χ1n) is 9.51. The van der Waals surface area contributed by atoms with Gasteiger partial charge in [0.15, 0.2) is 5.96 Å². The second kappa shape index (κ2) is 10.8. The summed E-state index contributed by atoms with van der Waals surface area (Å²) in [5, 5.41) is 6.55. The molecular weight excluding hydrogens is 328 g/mol. The number of carbonyl (C=O) groups excluding carboxylic acids is 1. The highest BCUT2D eigenvalue weighted by Gasteiger charge is 2.21. The van der Waals surface area contributed by atoms with Gasteiger partial charge >= 0.3 is 0 Å². The number of amides is 1. The molecule has 0 aliphatic carbocycles. The van der Waals surface area contributed by atoms with Gasteiger partial charge in [0.2, 0.25) is 5.91 Å². The number of rotatable bonds is 9. The van der Waals surface area contributed by atoms with Crippen LogP contribution in [0.4, 0.5) is 5.69 Å². The molecule has 144 valence electrons. The minimum Gasteiger partial charge on any atom is -0.380 e. The van der Waals surface area contributed by atoms with E-state index in [9.17, 15) is 4.79 Å². The van der Waals surface area contributed by atoms with Gasteiger partial charge in [0.25, 0.3) is 0 Å². The summed E-state index contributed by atoms with van der Waals surface area (Å²) in [6.45, 7) is 8.11. The van der Waals surface area contributed by atoms with Gasteiger partial charge in [0.1, 0.15) is 0 Å². The average molecular weight is 361 g/mol. The van der Waals surface area contributed by atoms with Crippen molar-refractivity contribution in [2.45, 2.75) is 39.7 Å². The third kappa shape index (κ3) is 6.67. The van der Waals surface area contributed by atoms with Gasteiger partial charge in [-0.25, -0.2) is 0 Å². The van der Waals surface area contributed by atoms with E-state index in [1.54, 1.807) is 7.05 Å². The highest BCUT2D eigenvalue weighted by Crippen LogP contribution is 2.21. The molecule has 6 nitrogen and oxygen atoms in total. The molecule has 0 saturated carbocycles. The van der Waals surface area contributed by atoms with Crippen molar-refractivity contribution in [1.82, 2.24) is 10.6 Å². The first-order valence-corrected chi connectivity index (χ1v) is 9.51. The molecule has 2 rings (SSSR count). The molecular formula is C20H32N4O2. The summed E-state index contributed by atoms with van der Waals surface area (Å²) >= 11 is 0. The highest BCUT2D eigenvalue weighted by atomic mass is 16.5. The first-order chi connectivity index (χ1) is 12.6. The Morgan fingerprint density at radius 3 is 2.62 bits per heavy atom. The van der Waals surface area contributed by atoms with Crippen molar-refractivity contribution >= 4 is 17.6 Å². The van der Waals surface area contributed by atoms with Gasteiger partial charge in [-0.2, -0.15) is 0 Å². The van der Waals surface area contributed by atoms with Crippen LogP contribution in [-0.4, -0.2) is 45.2 Å². The summed E-state index contributed by atoms with van der Waals surface area (Å²) in [6, 6.07) is 8.13. The number of carbonyl (C=O) groups is 1. The topological polar surface area (TPSA) is 66.0 Å². The molecule has 1 saturated heterocycles. The molecule has 6 heteroatoms. The van der Waals surface area contributed by atoms with Crippen LogP contribution < -0.4 is 15.5 Å². The third-order valence-corrected chi connectivity index (χ3v) is 4.38. The number of nitrogens with zero attached hydrogens (tertiary/aromatic N) is 2. The van der Waals surface area contributed by atoms with E-state index in [0.717, 1.165) is 49.7 Å². The summed E-state index contributed by atoms with van der Waals surface area (Å²) in [7, 11) is 1.76. The highest BCUT2D eigenvalue weighted by molar-refractivity contribution is 5.95. The van der Waals surface area contributed by atoms with Crippen LogP contribution in [0.25, 0.3) is 0 Å². The zero-order valence-corrected chi connectivity index (χ0v) is 16.3. The average Bonchev–Trinajstić information content (AvgIpc) is 3.06. The number of hydrogen-bond acceptors (Lipinski definition) is 3. The molecule has 1 fully saturated rings. The number of benzene rings is 1. The maximum absolute atomic E-state index is 11.8. The zero-order chi connectivity index (χ0) is 18.8. The summed E-state index contributed by atoms with van der Waals surface area (Å²) in [5.74, 6) is 1.65. The van der Waals surface area contributed by atoms with Crippen molar-refractivity contribution < 1.29 is 9.53 Å². The standard InChI is InChI=1S/C20H32N4O2/c1-16(2)10-13-26-14-11-22-20(21-3)23-15-17-6-8-18(9-7-17)24-12-4-5-19(24)25/h6-9,16H,4-5,10-15H2,1-3H3,(H2,21,22,23). The van der Waals surface area contributed by atoms with Gasteiger partial charge in [0.05, 0.1) is 6.61 Å². The van der Waals surface area contributed by atoms with Crippen molar-refractivity contribution in [2.24, 2.45) is 10.9 Å². The van der Waals surface area contributed by atoms with Crippen LogP contribution in [-0.2, 0) is 16.1 Å². The molecule has 1 aliphatic rings. The van der Waals surface area contributed by atoms with Gasteiger partial charge in [-0.15, -0.1) is 0 Å². The number of ether oxygens (including phenoxy) is 1. The molecule has 0 radical (unpaired) electrons. The van der Waals surface area contributed by atoms with E-state index in [1.165, 1.54) is 0 Å². The predicted molar refractivity (Wildman–Crippen MR) is 107 cm³/mol. The summed E-state index contributed by atoms with van der Waals surface area (Å²) in [6.07, 6.45) is 2.70. The van der Waals surface area contributed by atoms with Crippen molar-refractivity contribution in [2.75, 3.05) is 38.3 Å². The molecule has 0 atom stereocenters. The molecule has 0 aromatic heterocycles. The van der Waals surface area contributed by atoms with Crippen LogP contribution in [0, 0.1) is 5.92 Å². The predicted octanol–water partition coefficient (Wildman–Crippen LogP) is 2.54. The Labute approximate surface area is 157 Å². The molecule has 1 heterocycles. The Hall–Kier alpha value is -2.08. The van der Waals surface area contributed by atoms with Gasteiger partial charge in [-0.1, -0.05) is 26.0 Å². The summed E-state index contributed by atoms with van der Waals surface area (Å²) in [4.78, 5) is 17.9. The lowest BCUT2D eigenvalue weighted by Crippen LogP contribution is -2.38. The van der Waals surface area contributed by atoms with Crippen LogP contribution in [0.15, 0.2) is 29.3 Å². The molecule has 1 amide bonds. The van der Waals surface area contributed by atoms with Crippen LogP contribution in [0.3, 0.4) is 0 Å². The number of nitrogens with one attached hydrogen (secondary N) is 2. The Morgan fingerprint density at radius 1 is 1.23 bits per heavy atom. The molecule has 2 N–H and O–H groups in total. The first kappa shape index (κ1) is 20.2. The van der Waals surface area contributed by atoms with E-state index in [-0.39, 0.29) is 5.91 Å². The zero-order valence-electron chi connectivity index (χ0n) is 16.3. The van der Waals surface area contributed by atoms with E-state index >= 15 is 0 Å². The van der Waals surface area contributed by atoms with Crippen molar-refractivity contribution in [3.63, 3.8) is 0 Å². The molecule has 26 heavy (non-hydrogen) atoms. The maximum Gasteiger partial charge on any atom is 0.227 e. The Morgan fingerprint density at radius 2 is 2.00 bits per heavy atom. The lowest BCUT2D eigenvalue weighted by molar-refractivity contribution is -0.117. The van der Waals surface area contributed by atoms with E-state index in [1.807, 2.05) is 17.0 Å². The maximum atomic E-state index is 11.8. The second-order valence-electron chi connectivity index (χ2n) is 6.96. The lowest BCUT2D eigenvalue weighted by Gasteiger charge is -2.16. The monoisotopic (exact) mass is 360 g/mol. The van der Waals surface area contributed by atoms with E-state index in [4.69, 9.17) is 4.74 Å². The Balaban J connectivity index is 1.68. The lowest BCUT2D eigenvalue weighted by atomic mass is 10.1. The fourth-order valence-electron chi connectivity index (χ4n) is 2.78.